The monoisotopic (exact) mass is 314 g/mol. The fourth-order valence-corrected chi connectivity index (χ4v) is 2.88. The highest BCUT2D eigenvalue weighted by Crippen LogP contribution is 2.28. The first-order valence-corrected chi connectivity index (χ1v) is 7.40. The Balaban J connectivity index is 1.68. The molecule has 104 valence electrons. The van der Waals surface area contributed by atoms with E-state index in [-0.39, 0.29) is 11.6 Å². The lowest BCUT2D eigenvalue weighted by molar-refractivity contribution is 0.0678. The third kappa shape index (κ3) is 2.73. The zero-order chi connectivity index (χ0) is 13.9. The van der Waals surface area contributed by atoms with Gasteiger partial charge >= 0.3 is 6.55 Å². The summed E-state index contributed by atoms with van der Waals surface area (Å²) in [4.78, 5) is 4.76. The van der Waals surface area contributed by atoms with Gasteiger partial charge in [0.15, 0.2) is 0 Å². The molecular weight excluding hydrogens is 306 g/mol. The Labute approximate surface area is 120 Å². The predicted octanol–water partition coefficient (Wildman–Crippen LogP) is 3.68. The summed E-state index contributed by atoms with van der Waals surface area (Å²) in [6.45, 7) is -2.60. The van der Waals surface area contributed by atoms with Crippen molar-refractivity contribution >= 4 is 23.1 Å². The van der Waals surface area contributed by atoms with Crippen LogP contribution >= 0.6 is 23.1 Å². The van der Waals surface area contributed by atoms with Crippen LogP contribution in [0.25, 0.3) is 10.8 Å². The average molecular weight is 314 g/mol. The van der Waals surface area contributed by atoms with Crippen molar-refractivity contribution in [3.05, 3.63) is 35.7 Å². The maximum absolute atomic E-state index is 12.6. The van der Waals surface area contributed by atoms with E-state index in [2.05, 4.69) is 15.2 Å². The van der Waals surface area contributed by atoms with Gasteiger partial charge in [-0.05, 0) is 11.4 Å². The van der Waals surface area contributed by atoms with Crippen molar-refractivity contribution < 1.29 is 13.2 Å². The van der Waals surface area contributed by atoms with Crippen LogP contribution in [0.1, 0.15) is 12.4 Å². The van der Waals surface area contributed by atoms with Gasteiger partial charge in [-0.3, -0.25) is 4.57 Å². The molecule has 0 bridgehead atoms. The Hall–Kier alpha value is -1.74. The quantitative estimate of drug-likeness (QED) is 0.672. The van der Waals surface area contributed by atoms with Crippen molar-refractivity contribution in [3.8, 4) is 10.8 Å². The number of nitrogens with zero attached hydrogens (tertiary/aromatic N) is 4. The molecule has 3 aromatic heterocycles. The maximum atomic E-state index is 12.6. The summed E-state index contributed by atoms with van der Waals surface area (Å²) in [5.41, 5.74) is 0. The summed E-state index contributed by atoms with van der Waals surface area (Å²) in [6.07, 6.45) is 2.58. The summed E-state index contributed by atoms with van der Waals surface area (Å²) < 4.78 is 31.5. The Morgan fingerprint density at radius 2 is 2.30 bits per heavy atom. The lowest BCUT2D eigenvalue weighted by Gasteiger charge is -2.03. The van der Waals surface area contributed by atoms with E-state index in [4.69, 9.17) is 4.42 Å². The molecule has 0 atom stereocenters. The van der Waals surface area contributed by atoms with E-state index in [0.29, 0.717) is 11.1 Å². The van der Waals surface area contributed by atoms with Gasteiger partial charge in [-0.2, -0.15) is 8.78 Å². The van der Waals surface area contributed by atoms with Crippen LogP contribution < -0.4 is 0 Å². The van der Waals surface area contributed by atoms with Crippen molar-refractivity contribution in [1.82, 2.24) is 19.7 Å². The van der Waals surface area contributed by atoms with Crippen LogP contribution in [-0.4, -0.2) is 19.7 Å². The molecule has 5 nitrogen and oxygen atoms in total. The lowest BCUT2D eigenvalue weighted by Crippen LogP contribution is -2.01. The highest BCUT2D eigenvalue weighted by Gasteiger charge is 2.14. The van der Waals surface area contributed by atoms with Crippen molar-refractivity contribution in [2.75, 3.05) is 0 Å². The van der Waals surface area contributed by atoms with Gasteiger partial charge in [-0.15, -0.1) is 21.5 Å². The number of halogens is 2. The van der Waals surface area contributed by atoms with Crippen molar-refractivity contribution in [2.24, 2.45) is 0 Å². The SMILES string of the molecule is FC(F)n1ccnc1CSc1nnc(-c2cccs2)o1. The third-order valence-corrected chi connectivity index (χ3v) is 4.09. The highest BCUT2D eigenvalue weighted by molar-refractivity contribution is 7.98. The molecule has 0 aliphatic rings. The normalized spacial score (nSPS) is 11.3. The van der Waals surface area contributed by atoms with Crippen LogP contribution in [0, 0.1) is 0 Å². The molecule has 0 aliphatic carbocycles. The molecule has 0 spiro atoms. The first-order chi connectivity index (χ1) is 9.74. The van der Waals surface area contributed by atoms with Gasteiger partial charge in [0.2, 0.25) is 0 Å². The van der Waals surface area contributed by atoms with Gasteiger partial charge in [0.25, 0.3) is 11.1 Å². The van der Waals surface area contributed by atoms with Gasteiger partial charge in [0, 0.05) is 12.4 Å². The topological polar surface area (TPSA) is 56.7 Å². The minimum Gasteiger partial charge on any atom is -0.410 e. The van der Waals surface area contributed by atoms with Crippen LogP contribution in [0.5, 0.6) is 0 Å². The van der Waals surface area contributed by atoms with E-state index in [1.165, 1.54) is 35.5 Å². The first-order valence-electron chi connectivity index (χ1n) is 5.54. The standard InChI is InChI=1S/C11H8F2N4OS2/c12-10(13)17-4-3-14-8(17)6-20-11-16-15-9(18-11)7-2-1-5-19-7/h1-5,10H,6H2. The molecule has 0 fully saturated rings. The molecule has 0 N–H and O–H groups in total. The highest BCUT2D eigenvalue weighted by atomic mass is 32.2. The summed E-state index contributed by atoms with van der Waals surface area (Å²) in [7, 11) is 0. The molecule has 0 aromatic carbocycles. The zero-order valence-electron chi connectivity index (χ0n) is 9.94. The van der Waals surface area contributed by atoms with E-state index in [1.807, 2.05) is 17.5 Å². The largest absolute Gasteiger partial charge is 0.410 e. The number of hydrogen-bond donors (Lipinski definition) is 0. The minimum absolute atomic E-state index is 0.239. The summed E-state index contributed by atoms with van der Waals surface area (Å²) >= 11 is 2.67. The fourth-order valence-electron chi connectivity index (χ4n) is 1.53. The smallest absolute Gasteiger partial charge is 0.319 e. The van der Waals surface area contributed by atoms with Gasteiger partial charge in [-0.1, -0.05) is 17.8 Å². The number of aromatic nitrogens is 4. The number of alkyl halides is 2. The fraction of sp³-hybridized carbons (Fsp3) is 0.182. The van der Waals surface area contributed by atoms with E-state index < -0.39 is 6.55 Å². The zero-order valence-corrected chi connectivity index (χ0v) is 11.6. The van der Waals surface area contributed by atoms with Crippen LogP contribution in [-0.2, 0) is 5.75 Å². The van der Waals surface area contributed by atoms with E-state index in [1.54, 1.807) is 0 Å². The van der Waals surface area contributed by atoms with Gasteiger partial charge in [0.05, 0.1) is 10.6 Å². The van der Waals surface area contributed by atoms with Crippen LogP contribution in [0.3, 0.4) is 0 Å². The van der Waals surface area contributed by atoms with Crippen molar-refractivity contribution in [2.45, 2.75) is 17.5 Å². The molecule has 20 heavy (non-hydrogen) atoms. The molecule has 0 saturated carbocycles. The Bertz CT molecular complexity index is 680. The number of thiophene rings is 1. The molecule has 3 aromatic rings. The summed E-state index contributed by atoms with van der Waals surface area (Å²) in [6, 6.07) is 3.76. The summed E-state index contributed by atoms with van der Waals surface area (Å²) in [5, 5.41) is 10.0. The van der Waals surface area contributed by atoms with Crippen LogP contribution in [0.4, 0.5) is 8.78 Å². The molecular formula is C11H8F2N4OS2. The minimum atomic E-state index is -2.60. The third-order valence-electron chi connectivity index (χ3n) is 2.42. The molecule has 3 rings (SSSR count). The summed E-state index contributed by atoms with van der Waals surface area (Å²) in [5.74, 6) is 0.934. The van der Waals surface area contributed by atoms with E-state index in [0.717, 1.165) is 9.44 Å². The number of hydrogen-bond acceptors (Lipinski definition) is 6. The molecule has 9 heteroatoms. The molecule has 0 radical (unpaired) electrons. The molecule has 0 unspecified atom stereocenters. The Morgan fingerprint density at radius 3 is 3.05 bits per heavy atom. The van der Waals surface area contributed by atoms with Gasteiger partial charge in [0.1, 0.15) is 5.82 Å². The van der Waals surface area contributed by atoms with E-state index >= 15 is 0 Å². The average Bonchev–Trinajstić information content (AvgIpc) is 3.16. The second kappa shape index (κ2) is 5.71. The van der Waals surface area contributed by atoms with Crippen molar-refractivity contribution in [1.29, 1.82) is 0 Å². The second-order valence-electron chi connectivity index (χ2n) is 3.67. The molecule has 0 amide bonds. The number of imidazole rings is 1. The maximum Gasteiger partial charge on any atom is 0.319 e. The second-order valence-corrected chi connectivity index (χ2v) is 5.54. The lowest BCUT2D eigenvalue weighted by atomic mass is 10.5. The number of thioether (sulfide) groups is 1. The predicted molar refractivity (Wildman–Crippen MR) is 70.7 cm³/mol. The molecule has 0 aliphatic heterocycles. The molecule has 3 heterocycles. The van der Waals surface area contributed by atoms with Crippen LogP contribution in [0.2, 0.25) is 0 Å². The Kier molecular flexibility index (Phi) is 3.79. The first kappa shape index (κ1) is 13.3. The Morgan fingerprint density at radius 1 is 1.40 bits per heavy atom. The van der Waals surface area contributed by atoms with Crippen molar-refractivity contribution in [3.63, 3.8) is 0 Å². The number of rotatable bonds is 5. The van der Waals surface area contributed by atoms with E-state index in [9.17, 15) is 8.78 Å². The molecule has 0 saturated heterocycles. The van der Waals surface area contributed by atoms with Gasteiger partial charge < -0.3 is 4.42 Å². The van der Waals surface area contributed by atoms with Crippen LogP contribution in [0.15, 0.2) is 39.5 Å². The van der Waals surface area contributed by atoms with Gasteiger partial charge in [-0.25, -0.2) is 4.98 Å².